The third kappa shape index (κ3) is 3.43. The molecule has 0 aliphatic carbocycles. The van der Waals surface area contributed by atoms with Crippen LogP contribution in [0.3, 0.4) is 0 Å². The van der Waals surface area contributed by atoms with Crippen LogP contribution >= 0.6 is 0 Å². The maximum Gasteiger partial charge on any atom is 0.516 e. The topological polar surface area (TPSA) is 70.4 Å². The molecule has 0 aromatic heterocycles. The van der Waals surface area contributed by atoms with E-state index in [4.69, 9.17) is 10.00 Å². The molecule has 0 radical (unpaired) electrons. The van der Waals surface area contributed by atoms with E-state index in [1.807, 2.05) is 6.07 Å². The highest BCUT2D eigenvalue weighted by molar-refractivity contribution is 7.90. The Morgan fingerprint density at radius 1 is 1.14 bits per heavy atom. The molecule has 1 aliphatic heterocycles. The van der Waals surface area contributed by atoms with E-state index in [2.05, 4.69) is 0 Å². The van der Waals surface area contributed by atoms with E-state index in [1.165, 1.54) is 25.3 Å². The van der Waals surface area contributed by atoms with Crippen LogP contribution in [0.2, 0.25) is 0 Å². The largest absolute Gasteiger partial charge is 0.516 e. The second kappa shape index (κ2) is 7.20. The van der Waals surface area contributed by atoms with E-state index in [-0.39, 0.29) is 6.42 Å². The van der Waals surface area contributed by atoms with Crippen molar-refractivity contribution in [1.29, 1.82) is 5.26 Å². The number of benzene rings is 2. The first kappa shape index (κ1) is 19.8. The normalized spacial score (nSPS) is 17.2. The number of hydrogen-bond acceptors (Lipinski definition) is 4. The van der Waals surface area contributed by atoms with Crippen molar-refractivity contribution < 1.29 is 26.3 Å². The van der Waals surface area contributed by atoms with Crippen molar-refractivity contribution in [2.45, 2.75) is 18.0 Å². The Hall–Kier alpha value is -2.99. The summed E-state index contributed by atoms with van der Waals surface area (Å²) in [6.07, 6.45) is 1.03. The van der Waals surface area contributed by atoms with Crippen LogP contribution in [0.5, 0.6) is 5.75 Å². The van der Waals surface area contributed by atoms with Crippen LogP contribution in [-0.4, -0.2) is 25.3 Å². The van der Waals surface area contributed by atoms with Crippen LogP contribution < -0.4 is 4.74 Å². The molecule has 0 unspecified atom stereocenters. The Morgan fingerprint density at radius 2 is 1.79 bits per heavy atom. The quantitative estimate of drug-likeness (QED) is 0.760. The standard InChI is InChI=1S/C19H15F3N2O3S/c1-27-18-5-3-2-4-16(18)17-10-15(14-8-6-13(11-23)7-9-14)12-24(17)28(25,26)19(20,21)22/h2-9,12,17H,10H2,1H3/t17-/m1/s1. The minimum Gasteiger partial charge on any atom is -0.496 e. The third-order valence-electron chi connectivity index (χ3n) is 4.46. The van der Waals surface area contributed by atoms with Gasteiger partial charge in [-0.05, 0) is 29.3 Å². The molecule has 1 atom stereocenters. The van der Waals surface area contributed by atoms with Gasteiger partial charge >= 0.3 is 15.5 Å². The molecule has 0 N–H and O–H groups in total. The fourth-order valence-electron chi connectivity index (χ4n) is 3.09. The first-order chi connectivity index (χ1) is 13.2. The molecule has 9 heteroatoms. The first-order valence-electron chi connectivity index (χ1n) is 8.13. The molecule has 2 aromatic rings. The van der Waals surface area contributed by atoms with Gasteiger partial charge in [0.2, 0.25) is 0 Å². The Balaban J connectivity index is 2.11. The van der Waals surface area contributed by atoms with Gasteiger partial charge in [0.05, 0.1) is 24.8 Å². The van der Waals surface area contributed by atoms with Crippen LogP contribution in [0.4, 0.5) is 13.2 Å². The van der Waals surface area contributed by atoms with Gasteiger partial charge in [-0.2, -0.15) is 26.9 Å². The minimum atomic E-state index is -5.60. The zero-order chi connectivity index (χ0) is 20.5. The number of methoxy groups -OCH3 is 1. The zero-order valence-corrected chi connectivity index (χ0v) is 15.5. The van der Waals surface area contributed by atoms with Crippen LogP contribution in [0, 0.1) is 11.3 Å². The molecule has 0 saturated heterocycles. The zero-order valence-electron chi connectivity index (χ0n) is 14.6. The summed E-state index contributed by atoms with van der Waals surface area (Å²) in [5, 5.41) is 8.89. The molecule has 0 amide bonds. The second-order valence-corrected chi connectivity index (χ2v) is 7.92. The number of hydrogen-bond donors (Lipinski definition) is 0. The lowest BCUT2D eigenvalue weighted by Crippen LogP contribution is -2.38. The lowest BCUT2D eigenvalue weighted by Gasteiger charge is -2.27. The highest BCUT2D eigenvalue weighted by Gasteiger charge is 2.53. The van der Waals surface area contributed by atoms with Crippen molar-refractivity contribution in [3.63, 3.8) is 0 Å². The molecular formula is C19H15F3N2O3S. The maximum absolute atomic E-state index is 13.3. The molecular weight excluding hydrogens is 393 g/mol. The van der Waals surface area contributed by atoms with Crippen molar-refractivity contribution >= 4 is 15.6 Å². The number of halogens is 3. The van der Waals surface area contributed by atoms with Crippen molar-refractivity contribution in [3.8, 4) is 11.8 Å². The van der Waals surface area contributed by atoms with Crippen LogP contribution in [-0.2, 0) is 10.0 Å². The molecule has 5 nitrogen and oxygen atoms in total. The summed E-state index contributed by atoms with van der Waals surface area (Å²) in [6.45, 7) is 0. The van der Waals surface area contributed by atoms with Crippen molar-refractivity contribution in [2.75, 3.05) is 7.11 Å². The second-order valence-electron chi connectivity index (χ2n) is 6.09. The van der Waals surface area contributed by atoms with Crippen LogP contribution in [0.1, 0.15) is 29.2 Å². The molecule has 0 bridgehead atoms. The summed E-state index contributed by atoms with van der Waals surface area (Å²) in [7, 11) is -4.24. The summed E-state index contributed by atoms with van der Waals surface area (Å²) in [5.41, 5.74) is -3.77. The molecule has 1 aliphatic rings. The van der Waals surface area contributed by atoms with E-state index in [0.717, 1.165) is 6.20 Å². The molecule has 2 aromatic carbocycles. The molecule has 0 spiro atoms. The summed E-state index contributed by atoms with van der Waals surface area (Å²) < 4.78 is 69.7. The minimum absolute atomic E-state index is 0.0293. The Morgan fingerprint density at radius 3 is 2.36 bits per heavy atom. The smallest absolute Gasteiger partial charge is 0.496 e. The number of alkyl halides is 3. The number of ether oxygens (including phenoxy) is 1. The summed E-state index contributed by atoms with van der Waals surface area (Å²) >= 11 is 0. The average molecular weight is 408 g/mol. The van der Waals surface area contributed by atoms with E-state index >= 15 is 0 Å². The predicted octanol–water partition coefficient (Wildman–Crippen LogP) is 4.20. The van der Waals surface area contributed by atoms with Crippen LogP contribution in [0.15, 0.2) is 54.7 Å². The Labute approximate surface area is 160 Å². The third-order valence-corrected chi connectivity index (χ3v) is 5.96. The number of para-hydroxylation sites is 1. The maximum atomic E-state index is 13.3. The van der Waals surface area contributed by atoms with Crippen molar-refractivity contribution in [3.05, 3.63) is 71.4 Å². The van der Waals surface area contributed by atoms with Gasteiger partial charge in [-0.15, -0.1) is 0 Å². The van der Waals surface area contributed by atoms with E-state index in [0.29, 0.717) is 32.3 Å². The highest BCUT2D eigenvalue weighted by atomic mass is 32.2. The van der Waals surface area contributed by atoms with Gasteiger partial charge in [-0.25, -0.2) is 0 Å². The number of nitrogens with zero attached hydrogens (tertiary/aromatic N) is 2. The van der Waals surface area contributed by atoms with Gasteiger partial charge in [0, 0.05) is 18.2 Å². The molecule has 146 valence electrons. The van der Waals surface area contributed by atoms with Crippen molar-refractivity contribution in [1.82, 2.24) is 4.31 Å². The molecule has 28 heavy (non-hydrogen) atoms. The monoisotopic (exact) mass is 408 g/mol. The predicted molar refractivity (Wildman–Crippen MR) is 96.3 cm³/mol. The Bertz CT molecular complexity index is 1060. The fourth-order valence-corrected chi connectivity index (χ4v) is 4.12. The first-order valence-corrected chi connectivity index (χ1v) is 9.57. The lowest BCUT2D eigenvalue weighted by molar-refractivity contribution is -0.0484. The van der Waals surface area contributed by atoms with Gasteiger partial charge in [0.15, 0.2) is 0 Å². The van der Waals surface area contributed by atoms with Gasteiger partial charge in [0.25, 0.3) is 0 Å². The van der Waals surface area contributed by atoms with Gasteiger partial charge in [0.1, 0.15) is 5.75 Å². The van der Waals surface area contributed by atoms with Gasteiger partial charge in [-0.1, -0.05) is 30.3 Å². The fraction of sp³-hybridized carbons (Fsp3) is 0.211. The molecule has 3 rings (SSSR count). The number of rotatable bonds is 4. The molecule has 0 saturated carbocycles. The number of sulfonamides is 1. The SMILES string of the molecule is COc1ccccc1[C@H]1CC(c2ccc(C#N)cc2)=CN1S(=O)(=O)C(F)(F)F. The van der Waals surface area contributed by atoms with Crippen LogP contribution in [0.25, 0.3) is 5.57 Å². The van der Waals surface area contributed by atoms with E-state index < -0.39 is 21.6 Å². The summed E-state index contributed by atoms with van der Waals surface area (Å²) in [4.78, 5) is 0. The summed E-state index contributed by atoms with van der Waals surface area (Å²) in [5.74, 6) is 0.296. The molecule has 1 heterocycles. The highest BCUT2D eigenvalue weighted by Crippen LogP contribution is 2.46. The summed E-state index contributed by atoms with van der Waals surface area (Å²) in [6, 6.07) is 13.4. The average Bonchev–Trinajstić information content (AvgIpc) is 3.13. The van der Waals surface area contributed by atoms with Crippen molar-refractivity contribution in [2.24, 2.45) is 0 Å². The van der Waals surface area contributed by atoms with Gasteiger partial charge < -0.3 is 4.74 Å². The lowest BCUT2D eigenvalue weighted by atomic mass is 9.97. The van der Waals surface area contributed by atoms with E-state index in [9.17, 15) is 21.6 Å². The number of nitriles is 1. The Kier molecular flexibility index (Phi) is 5.08. The van der Waals surface area contributed by atoms with E-state index in [1.54, 1.807) is 30.3 Å². The van der Waals surface area contributed by atoms with Gasteiger partial charge in [-0.3, -0.25) is 4.31 Å². The molecule has 0 fully saturated rings.